The van der Waals surface area contributed by atoms with Crippen LogP contribution in [-0.2, 0) is 40.7 Å². The Hall–Kier alpha value is -5.35. The topological polar surface area (TPSA) is 199 Å². The summed E-state index contributed by atoms with van der Waals surface area (Å²) in [6.45, 7) is 11.9. The number of rotatable bonds is 21. The van der Waals surface area contributed by atoms with Gasteiger partial charge in [0, 0.05) is 60.3 Å². The van der Waals surface area contributed by atoms with Gasteiger partial charge in [0.2, 0.25) is 5.69 Å². The first-order valence-electron chi connectivity index (χ1n) is 22.9. The fraction of sp³-hybridized carbons (Fsp3) is 0.431. The molecule has 2 aliphatic heterocycles. The second-order valence-corrected chi connectivity index (χ2v) is 20.8. The maximum Gasteiger partial charge on any atom is 0.303 e. The Morgan fingerprint density at radius 2 is 1.38 bits per heavy atom. The summed E-state index contributed by atoms with van der Waals surface area (Å²) in [4.78, 5) is 24.2. The average molecular weight is 944 g/mol. The third-order valence-corrected chi connectivity index (χ3v) is 15.3. The van der Waals surface area contributed by atoms with Gasteiger partial charge in [-0.25, -0.2) is 0 Å². The van der Waals surface area contributed by atoms with Gasteiger partial charge in [0.1, 0.15) is 18.1 Å². The van der Waals surface area contributed by atoms with Gasteiger partial charge in [-0.2, -0.15) is 21.4 Å². The lowest BCUT2D eigenvalue weighted by molar-refractivity contribution is -0.438. The van der Waals surface area contributed by atoms with Crippen LogP contribution in [-0.4, -0.2) is 71.5 Å². The van der Waals surface area contributed by atoms with Crippen molar-refractivity contribution in [3.63, 3.8) is 0 Å². The summed E-state index contributed by atoms with van der Waals surface area (Å²) >= 11 is 0. The molecule has 3 aromatic carbocycles. The molecular weight excluding hydrogens is 881 g/mol. The summed E-state index contributed by atoms with van der Waals surface area (Å²) < 4.78 is 77.5. The molecule has 2 atom stereocenters. The van der Waals surface area contributed by atoms with Crippen molar-refractivity contribution >= 4 is 49.3 Å². The van der Waals surface area contributed by atoms with Gasteiger partial charge in [-0.05, 0) is 156 Å². The minimum absolute atomic E-state index is 0.0659. The maximum atomic E-state index is 12.4. The zero-order chi connectivity index (χ0) is 48.0. The van der Waals surface area contributed by atoms with Crippen molar-refractivity contribution in [1.82, 2.24) is 0 Å². The third-order valence-electron chi connectivity index (χ3n) is 13.6. The number of fused-ring (bicyclic) bond motifs is 2. The Morgan fingerprint density at radius 1 is 0.742 bits per heavy atom. The first kappa shape index (κ1) is 50.1. The summed E-state index contributed by atoms with van der Waals surface area (Å²) in [5, 5.41) is 18.5. The fourth-order valence-electron chi connectivity index (χ4n) is 9.54. The zero-order valence-corrected chi connectivity index (χ0v) is 40.2. The monoisotopic (exact) mass is 943 g/mol. The summed E-state index contributed by atoms with van der Waals surface area (Å²) in [5.74, 6) is -0.681. The van der Waals surface area contributed by atoms with Gasteiger partial charge in [0.25, 0.3) is 20.2 Å². The highest BCUT2D eigenvalue weighted by Gasteiger charge is 2.47. The quantitative estimate of drug-likeness (QED) is 0.0448. The van der Waals surface area contributed by atoms with Gasteiger partial charge >= 0.3 is 11.9 Å². The molecule has 0 spiro atoms. The van der Waals surface area contributed by atoms with Crippen LogP contribution < -0.4 is 9.64 Å². The average Bonchev–Trinajstić information content (AvgIpc) is 3.64. The third kappa shape index (κ3) is 11.1. The number of hydrogen-bond acceptors (Lipinski definition) is 8. The Bertz CT molecular complexity index is 2730. The highest BCUT2D eigenvalue weighted by molar-refractivity contribution is 7.86. The number of carboxylic acids is 2. The van der Waals surface area contributed by atoms with Gasteiger partial charge in [-0.3, -0.25) is 18.7 Å². The van der Waals surface area contributed by atoms with Crippen molar-refractivity contribution in [2.75, 3.05) is 18.0 Å². The van der Waals surface area contributed by atoms with Gasteiger partial charge in [0.15, 0.2) is 5.71 Å². The number of aliphatic carboxylic acids is 2. The molecule has 2 unspecified atom stereocenters. The van der Waals surface area contributed by atoms with E-state index < -0.39 is 37.6 Å². The lowest BCUT2D eigenvalue weighted by Gasteiger charge is -2.30. The molecule has 0 fully saturated rings. The van der Waals surface area contributed by atoms with E-state index in [2.05, 4.69) is 67.5 Å². The van der Waals surface area contributed by atoms with E-state index >= 15 is 0 Å². The zero-order valence-electron chi connectivity index (χ0n) is 38.5. The molecule has 354 valence electrons. The highest BCUT2D eigenvalue weighted by atomic mass is 32.2. The van der Waals surface area contributed by atoms with E-state index in [1.54, 1.807) is 6.07 Å². The van der Waals surface area contributed by atoms with Crippen LogP contribution in [0.25, 0.3) is 0 Å². The molecule has 15 heteroatoms. The van der Waals surface area contributed by atoms with E-state index in [0.717, 1.165) is 70.7 Å². The highest BCUT2D eigenvalue weighted by Crippen LogP contribution is 2.51. The van der Waals surface area contributed by atoms with Crippen LogP contribution in [0, 0.1) is 6.92 Å². The summed E-state index contributed by atoms with van der Waals surface area (Å²) in [6, 6.07) is 16.8. The standard InChI is InChI=1S/C51H62N2O11S2/c1-6-50(4)41-33-35(3)19-27-43(41)52(31-12-8-10-17-47(54)55)45(50)29-20-36-15-14-16-37(49(36)64-38-22-24-39(25-23-38)65(58,59)60)21-30-46-51(5,7-2)42-34-40(66(61,62)63)26-28-44(42)53(46)32-13-9-11-18-48(56)57/h19-30,33-34H,6-18,31-32H2,1-5H3,(H3-,54,55,56,57,58,59,60,61,62,63)/p+1. The molecular formula is C51H63N2O11S2+. The molecule has 0 amide bonds. The molecule has 2 heterocycles. The van der Waals surface area contributed by atoms with E-state index in [-0.39, 0.29) is 28.0 Å². The maximum absolute atomic E-state index is 12.4. The van der Waals surface area contributed by atoms with Gasteiger partial charge in [0.05, 0.1) is 15.2 Å². The number of ether oxygens (including phenoxy) is 1. The first-order chi connectivity index (χ1) is 31.2. The van der Waals surface area contributed by atoms with Crippen molar-refractivity contribution in [2.24, 2.45) is 0 Å². The molecule has 0 aromatic heterocycles. The number of carbonyl (C=O) groups is 2. The Morgan fingerprint density at radius 3 is 2.00 bits per heavy atom. The molecule has 1 aliphatic carbocycles. The number of aryl methyl sites for hydroxylation is 1. The first-order valence-corrected chi connectivity index (χ1v) is 25.8. The summed E-state index contributed by atoms with van der Waals surface area (Å²) in [7, 11) is -8.94. The molecule has 0 radical (unpaired) electrons. The second-order valence-electron chi connectivity index (χ2n) is 18.0. The minimum Gasteiger partial charge on any atom is -0.481 e. The van der Waals surface area contributed by atoms with E-state index in [1.165, 1.54) is 42.0 Å². The molecule has 3 aliphatic rings. The van der Waals surface area contributed by atoms with Crippen LogP contribution in [0.15, 0.2) is 117 Å². The minimum atomic E-state index is -4.49. The number of anilines is 1. The van der Waals surface area contributed by atoms with Crippen LogP contribution in [0.3, 0.4) is 0 Å². The van der Waals surface area contributed by atoms with E-state index in [0.29, 0.717) is 69.5 Å². The molecule has 3 aromatic rings. The van der Waals surface area contributed by atoms with Crippen LogP contribution in [0.4, 0.5) is 11.4 Å². The molecule has 0 saturated heterocycles. The molecule has 6 rings (SSSR count). The smallest absolute Gasteiger partial charge is 0.303 e. The predicted molar refractivity (Wildman–Crippen MR) is 255 cm³/mol. The van der Waals surface area contributed by atoms with Crippen LogP contribution >= 0.6 is 0 Å². The number of carboxylic acid groups (broad SMARTS) is 2. The van der Waals surface area contributed by atoms with Crippen molar-refractivity contribution in [1.29, 1.82) is 0 Å². The van der Waals surface area contributed by atoms with Crippen LogP contribution in [0.5, 0.6) is 5.75 Å². The van der Waals surface area contributed by atoms with Gasteiger partial charge in [-0.1, -0.05) is 38.0 Å². The van der Waals surface area contributed by atoms with Crippen LogP contribution in [0.2, 0.25) is 0 Å². The molecule has 0 saturated carbocycles. The lowest BCUT2D eigenvalue weighted by Crippen LogP contribution is -2.30. The van der Waals surface area contributed by atoms with Crippen molar-refractivity contribution in [2.45, 2.75) is 139 Å². The van der Waals surface area contributed by atoms with Gasteiger partial charge in [-0.15, -0.1) is 0 Å². The normalized spacial score (nSPS) is 21.0. The number of unbranched alkanes of at least 4 members (excludes halogenated alkanes) is 4. The summed E-state index contributed by atoms with van der Waals surface area (Å²) in [5.41, 5.74) is 7.94. The Kier molecular flexibility index (Phi) is 15.7. The lowest BCUT2D eigenvalue weighted by atomic mass is 9.76. The molecule has 4 N–H and O–H groups in total. The summed E-state index contributed by atoms with van der Waals surface area (Å²) in [6.07, 6.45) is 16.2. The Labute approximate surface area is 389 Å². The van der Waals surface area contributed by atoms with E-state index in [9.17, 15) is 45.7 Å². The van der Waals surface area contributed by atoms with E-state index in [4.69, 9.17) is 4.74 Å². The molecule has 13 nitrogen and oxygen atoms in total. The SMILES string of the molecule is CCC1(C)C(/C=C/C2=C(Oc3ccc(S(=O)(=O)O)cc3)C(=C/C=C3/N(CCCCCC(=O)O)c4ccc(S(=O)(=O)O)cc4C3(C)CC)/CCC2)=[N+](CCCCCC(=O)O)c2ccc(C)cc21. The number of benzene rings is 3. The van der Waals surface area contributed by atoms with Gasteiger partial charge < -0.3 is 19.8 Å². The number of hydrogen-bond donors (Lipinski definition) is 4. The van der Waals surface area contributed by atoms with Crippen LogP contribution in [0.1, 0.15) is 128 Å². The Balaban J connectivity index is 1.48. The van der Waals surface area contributed by atoms with Crippen molar-refractivity contribution in [3.05, 3.63) is 124 Å². The molecule has 66 heavy (non-hydrogen) atoms. The molecule has 0 bridgehead atoms. The number of nitrogens with zero attached hydrogens (tertiary/aromatic N) is 2. The van der Waals surface area contributed by atoms with Crippen molar-refractivity contribution in [3.8, 4) is 5.75 Å². The number of allylic oxidation sites excluding steroid dienone is 7. The predicted octanol–water partition coefficient (Wildman–Crippen LogP) is 10.6. The second kappa shape index (κ2) is 20.7. The van der Waals surface area contributed by atoms with Crippen molar-refractivity contribution < 1.29 is 55.1 Å². The largest absolute Gasteiger partial charge is 0.481 e. The fourth-order valence-corrected chi connectivity index (χ4v) is 10.5. The van der Waals surface area contributed by atoms with E-state index in [1.807, 2.05) is 19.1 Å².